The van der Waals surface area contributed by atoms with Crippen molar-refractivity contribution in [3.8, 4) is 0 Å². The topological polar surface area (TPSA) is 114 Å². The van der Waals surface area contributed by atoms with Crippen molar-refractivity contribution in [1.29, 1.82) is 0 Å². The van der Waals surface area contributed by atoms with Crippen molar-refractivity contribution in [1.82, 2.24) is 0 Å². The predicted octanol–water partition coefficient (Wildman–Crippen LogP) is 17.8. The van der Waals surface area contributed by atoms with Gasteiger partial charge >= 0.3 is 37.7 Å². The molecule has 0 fully saturated rings. The van der Waals surface area contributed by atoms with Gasteiger partial charge in [0, 0.05) is 0 Å². The maximum absolute atomic E-state index is 11.8. The third-order valence-corrected chi connectivity index (χ3v) is 15.6. The third kappa shape index (κ3) is 27.4. The summed E-state index contributed by atoms with van der Waals surface area (Å²) in [6, 6.07) is 19.2. The fourth-order valence-corrected chi connectivity index (χ4v) is 10.9. The smallest absolute Gasteiger partial charge is 0.744 e. The second-order valence-electron chi connectivity index (χ2n) is 20.1. The molecule has 0 N–H and O–H groups in total. The van der Waals surface area contributed by atoms with Crippen LogP contribution in [0.4, 0.5) is 0 Å². The molecule has 0 aliphatic carbocycles. The molecule has 6 nitrogen and oxygen atoms in total. The van der Waals surface area contributed by atoms with Crippen molar-refractivity contribution in [2.24, 2.45) is 0 Å². The molecule has 0 aromatic heterocycles. The fraction of sp³-hybridized carbons (Fsp3) is 0.667. The summed E-state index contributed by atoms with van der Waals surface area (Å²) in [7, 11) is -8.92. The van der Waals surface area contributed by atoms with E-state index in [1.165, 1.54) is 178 Å². The van der Waals surface area contributed by atoms with Crippen molar-refractivity contribution in [2.45, 2.75) is 269 Å². The van der Waals surface area contributed by atoms with Crippen LogP contribution in [0.2, 0.25) is 0 Å². The van der Waals surface area contributed by atoms with Crippen molar-refractivity contribution < 1.29 is 25.9 Å². The Labute approximate surface area is 453 Å². The average molecular weight is 1020 g/mol. The first-order chi connectivity index (χ1) is 32.9. The summed E-state index contributed by atoms with van der Waals surface area (Å²) in [5.74, 6) is 0. The molecule has 0 atom stereocenters. The minimum Gasteiger partial charge on any atom is -0.744 e. The van der Waals surface area contributed by atoms with Gasteiger partial charge in [0.2, 0.25) is 0 Å². The molecule has 0 unspecified atom stereocenters. The molecule has 9 heteroatoms. The van der Waals surface area contributed by atoms with E-state index in [2.05, 4.69) is 64.1 Å². The van der Waals surface area contributed by atoms with Crippen LogP contribution >= 0.6 is 0 Å². The van der Waals surface area contributed by atoms with Crippen molar-refractivity contribution in [3.63, 3.8) is 0 Å². The van der Waals surface area contributed by atoms with Gasteiger partial charge in [-0.25, -0.2) is 16.8 Å². The van der Waals surface area contributed by atoms with Crippen LogP contribution in [0, 0.1) is 0 Å². The zero-order chi connectivity index (χ0) is 49.3. The van der Waals surface area contributed by atoms with Gasteiger partial charge in [-0.1, -0.05) is 244 Å². The number of fused-ring (bicyclic) bond motifs is 2. The summed E-state index contributed by atoms with van der Waals surface area (Å²) >= 11 is 0. The summed E-state index contributed by atoms with van der Waals surface area (Å²) in [6.07, 6.45) is 44.2. The largest absolute Gasteiger partial charge is 2.00 e. The zero-order valence-corrected chi connectivity index (χ0v) is 48.0. The number of aryl methyl sites for hydroxylation is 4. The predicted molar refractivity (Wildman–Crippen MR) is 295 cm³/mol. The van der Waals surface area contributed by atoms with E-state index in [4.69, 9.17) is 0 Å². The number of rotatable bonds is 38. The molecule has 0 saturated carbocycles. The van der Waals surface area contributed by atoms with Gasteiger partial charge in [0.1, 0.15) is 20.2 Å². The quantitative estimate of drug-likeness (QED) is 0.0251. The molecule has 0 aliphatic heterocycles. The first kappa shape index (κ1) is 63.6. The maximum atomic E-state index is 11.8. The third-order valence-electron chi connectivity index (χ3n) is 14.0. The van der Waals surface area contributed by atoms with E-state index >= 15 is 0 Å². The minimum atomic E-state index is -4.46. The number of hydrogen-bond acceptors (Lipinski definition) is 6. The Morgan fingerprint density at radius 2 is 0.565 bits per heavy atom. The Morgan fingerprint density at radius 3 is 0.826 bits per heavy atom. The summed E-state index contributed by atoms with van der Waals surface area (Å²) in [5.41, 5.74) is 4.46. The molecule has 4 rings (SSSR count). The van der Waals surface area contributed by atoms with E-state index in [0.29, 0.717) is 0 Å². The van der Waals surface area contributed by atoms with E-state index in [9.17, 15) is 25.9 Å². The van der Waals surface area contributed by atoms with Crippen LogP contribution < -0.4 is 0 Å². The molecule has 4 aromatic rings. The van der Waals surface area contributed by atoms with Crippen LogP contribution in [0.1, 0.15) is 255 Å². The van der Waals surface area contributed by atoms with Gasteiger partial charge in [0.05, 0.1) is 9.79 Å². The average Bonchev–Trinajstić information content (AvgIpc) is 3.31. The van der Waals surface area contributed by atoms with Crippen molar-refractivity contribution in [2.75, 3.05) is 0 Å². The summed E-state index contributed by atoms with van der Waals surface area (Å²) in [5, 5.41) is 3.97. The summed E-state index contributed by atoms with van der Waals surface area (Å²) in [4.78, 5) is -0.169. The molecule has 0 amide bonds. The second kappa shape index (κ2) is 38.1. The van der Waals surface area contributed by atoms with Gasteiger partial charge in [0.15, 0.2) is 0 Å². The molecule has 0 bridgehead atoms. The summed E-state index contributed by atoms with van der Waals surface area (Å²) in [6.45, 7) is 8.97. The van der Waals surface area contributed by atoms with Gasteiger partial charge in [-0.2, -0.15) is 0 Å². The molecule has 4 aromatic carbocycles. The number of unbranched alkanes of at least 4 members (excludes halogenated alkanes) is 28. The standard InChI is InChI=1S/2C30H48O3S.Ca/c2*1-3-5-7-9-11-13-15-17-19-26-21-22-30-27(20-18-16-14-12-10-8-6-4-2)24-29(34(31,32)33)25-28(30)23-26;/h2*21-25H,3-20H2,1-2H3,(H,31,32,33);/q;;+2/p-2. The van der Waals surface area contributed by atoms with Crippen molar-refractivity contribution >= 4 is 79.5 Å². The molecule has 0 saturated heterocycles. The molecule has 384 valence electrons. The van der Waals surface area contributed by atoms with Crippen LogP contribution in [-0.4, -0.2) is 63.7 Å². The summed E-state index contributed by atoms with van der Waals surface area (Å²) < 4.78 is 70.8. The van der Waals surface area contributed by atoms with Crippen molar-refractivity contribution in [3.05, 3.63) is 82.9 Å². The van der Waals surface area contributed by atoms with Crippen LogP contribution in [0.5, 0.6) is 0 Å². The van der Waals surface area contributed by atoms with Gasteiger partial charge in [-0.15, -0.1) is 0 Å². The van der Waals surface area contributed by atoms with Crippen LogP contribution in [0.25, 0.3) is 21.5 Å². The van der Waals surface area contributed by atoms with Gasteiger partial charge < -0.3 is 9.11 Å². The number of benzene rings is 4. The van der Waals surface area contributed by atoms with E-state index in [-0.39, 0.29) is 47.5 Å². The van der Waals surface area contributed by atoms with Gasteiger partial charge in [-0.3, -0.25) is 0 Å². The maximum Gasteiger partial charge on any atom is 2.00 e. The Bertz CT molecular complexity index is 2030. The molecule has 0 heterocycles. The Kier molecular flexibility index (Phi) is 35.1. The number of hydrogen-bond donors (Lipinski definition) is 0. The Balaban J connectivity index is 0.000000467. The minimum absolute atomic E-state index is 0. The Morgan fingerprint density at radius 1 is 0.319 bits per heavy atom. The molecule has 0 aliphatic rings. The normalized spacial score (nSPS) is 11.8. The molecule has 0 spiro atoms. The van der Waals surface area contributed by atoms with Gasteiger partial charge in [0.25, 0.3) is 0 Å². The molecule has 69 heavy (non-hydrogen) atoms. The molecular weight excluding hydrogens is 921 g/mol. The first-order valence-corrected chi connectivity index (χ1v) is 30.8. The van der Waals surface area contributed by atoms with Crippen LogP contribution in [0.15, 0.2) is 70.5 Å². The van der Waals surface area contributed by atoms with E-state index in [1.807, 2.05) is 0 Å². The fourth-order valence-electron chi connectivity index (χ4n) is 9.77. The monoisotopic (exact) mass is 1010 g/mol. The first-order valence-electron chi connectivity index (χ1n) is 27.9. The molecule has 0 radical (unpaired) electrons. The Hall–Kier alpha value is -1.52. The van der Waals surface area contributed by atoms with E-state index in [0.717, 1.165) is 96.9 Å². The van der Waals surface area contributed by atoms with E-state index in [1.54, 1.807) is 24.3 Å². The molecular formula is C60H94CaO6S2. The zero-order valence-electron chi connectivity index (χ0n) is 44.2. The SMILES string of the molecule is CCCCCCCCCCc1ccc2c(CCCCCCCCCC)cc(S(=O)(=O)[O-])cc2c1.CCCCCCCCCCc1ccc2c(CCCCCCCCCC)cc(S(=O)(=O)[O-])cc2c1.[Ca+2]. The van der Waals surface area contributed by atoms with Gasteiger partial charge in [-0.05, 0) is 119 Å². The van der Waals surface area contributed by atoms with Crippen LogP contribution in [0.3, 0.4) is 0 Å². The van der Waals surface area contributed by atoms with E-state index < -0.39 is 20.2 Å². The second-order valence-corrected chi connectivity index (χ2v) is 22.8. The van der Waals surface area contributed by atoms with Crippen LogP contribution in [-0.2, 0) is 45.9 Å².